The Morgan fingerprint density at radius 3 is 2.43 bits per heavy atom. The van der Waals surface area contributed by atoms with Gasteiger partial charge in [-0.05, 0) is 86.9 Å². The van der Waals surface area contributed by atoms with E-state index in [0.29, 0.717) is 18.3 Å². The van der Waals surface area contributed by atoms with Crippen molar-refractivity contribution in [2.75, 3.05) is 0 Å². The quantitative estimate of drug-likeness (QED) is 0.694. The molecule has 4 heteroatoms. The van der Waals surface area contributed by atoms with Crippen LogP contribution in [0.15, 0.2) is 0 Å². The molecular weight excluding hydrogens is 292 g/mol. The Labute approximate surface area is 138 Å². The Morgan fingerprint density at radius 2 is 1.74 bits per heavy atom. The molecule has 4 aliphatic rings. The SMILES string of the molecule is C[C@@]1(O)[C@H](O)CC[C@@]2(C)[C@@H]3CC[C@@H]4C[C@@]3(CC[C@H]12)C[C@@H]4C(=O)O. The maximum atomic E-state index is 11.7. The monoisotopic (exact) mass is 322 g/mol. The smallest absolute Gasteiger partial charge is 0.306 e. The van der Waals surface area contributed by atoms with E-state index >= 15 is 0 Å². The van der Waals surface area contributed by atoms with Crippen molar-refractivity contribution in [3.8, 4) is 0 Å². The lowest BCUT2D eigenvalue weighted by Crippen LogP contribution is -2.63. The van der Waals surface area contributed by atoms with E-state index in [-0.39, 0.29) is 22.7 Å². The highest BCUT2D eigenvalue weighted by Crippen LogP contribution is 2.71. The Hall–Kier alpha value is -0.610. The Balaban J connectivity index is 1.70. The zero-order valence-corrected chi connectivity index (χ0v) is 14.3. The number of hydrogen-bond donors (Lipinski definition) is 3. The van der Waals surface area contributed by atoms with E-state index in [9.17, 15) is 20.1 Å². The lowest BCUT2D eigenvalue weighted by molar-refractivity contribution is -0.220. The molecular formula is C19H30O4. The molecule has 23 heavy (non-hydrogen) atoms. The largest absolute Gasteiger partial charge is 0.481 e. The van der Waals surface area contributed by atoms with Crippen molar-refractivity contribution in [2.24, 2.45) is 34.5 Å². The van der Waals surface area contributed by atoms with E-state index < -0.39 is 17.7 Å². The van der Waals surface area contributed by atoms with Crippen molar-refractivity contribution in [2.45, 2.75) is 76.9 Å². The number of aliphatic carboxylic acids is 1. The molecule has 1 spiro atoms. The summed E-state index contributed by atoms with van der Waals surface area (Å²) in [5.74, 6) is 0.238. The molecule has 8 atom stereocenters. The summed E-state index contributed by atoms with van der Waals surface area (Å²) < 4.78 is 0. The number of hydrogen-bond acceptors (Lipinski definition) is 3. The van der Waals surface area contributed by atoms with Crippen molar-refractivity contribution < 1.29 is 20.1 Å². The first-order valence-electron chi connectivity index (χ1n) is 9.34. The van der Waals surface area contributed by atoms with E-state index in [1.165, 1.54) is 0 Å². The van der Waals surface area contributed by atoms with Gasteiger partial charge in [-0.15, -0.1) is 0 Å². The van der Waals surface area contributed by atoms with E-state index in [1.54, 1.807) is 0 Å². The maximum Gasteiger partial charge on any atom is 0.306 e. The molecule has 4 rings (SSSR count). The van der Waals surface area contributed by atoms with E-state index in [2.05, 4.69) is 6.92 Å². The van der Waals surface area contributed by atoms with Crippen molar-refractivity contribution >= 4 is 5.97 Å². The van der Waals surface area contributed by atoms with Gasteiger partial charge in [-0.1, -0.05) is 6.92 Å². The summed E-state index contributed by atoms with van der Waals surface area (Å²) in [6.07, 6.45) is 7.00. The molecule has 3 N–H and O–H groups in total. The second-order valence-electron chi connectivity index (χ2n) is 9.48. The number of carboxylic acids is 1. The first kappa shape index (κ1) is 15.9. The van der Waals surface area contributed by atoms with Crippen LogP contribution in [0.2, 0.25) is 0 Å². The molecule has 130 valence electrons. The molecule has 4 fully saturated rings. The number of fused-ring (bicyclic) bond motifs is 3. The molecule has 0 aromatic rings. The summed E-state index contributed by atoms with van der Waals surface area (Å²) in [5.41, 5.74) is -0.787. The minimum atomic E-state index is -1.00. The lowest BCUT2D eigenvalue weighted by atomic mass is 9.42. The average Bonchev–Trinajstić information content (AvgIpc) is 2.75. The number of rotatable bonds is 1. The summed E-state index contributed by atoms with van der Waals surface area (Å²) in [6.45, 7) is 4.14. The van der Waals surface area contributed by atoms with E-state index in [4.69, 9.17) is 0 Å². The predicted molar refractivity (Wildman–Crippen MR) is 85.7 cm³/mol. The number of aliphatic hydroxyl groups is 2. The molecule has 4 nitrogen and oxygen atoms in total. The van der Waals surface area contributed by atoms with Gasteiger partial charge in [0.05, 0.1) is 17.6 Å². The summed E-state index contributed by atoms with van der Waals surface area (Å²) in [5, 5.41) is 30.8. The predicted octanol–water partition coefficient (Wildman–Crippen LogP) is 2.82. The van der Waals surface area contributed by atoms with Crippen LogP contribution in [0, 0.1) is 34.5 Å². The summed E-state index contributed by atoms with van der Waals surface area (Å²) in [7, 11) is 0. The normalized spacial score (nSPS) is 58.3. The minimum absolute atomic E-state index is 0.0410. The highest BCUT2D eigenvalue weighted by Gasteiger charge is 2.66. The van der Waals surface area contributed by atoms with Gasteiger partial charge in [0, 0.05) is 0 Å². The van der Waals surface area contributed by atoms with Gasteiger partial charge in [0.1, 0.15) is 0 Å². The molecule has 0 heterocycles. The summed E-state index contributed by atoms with van der Waals surface area (Å²) in [4.78, 5) is 11.7. The fraction of sp³-hybridized carbons (Fsp3) is 0.947. The van der Waals surface area contributed by atoms with Crippen LogP contribution in [-0.4, -0.2) is 33.0 Å². The van der Waals surface area contributed by atoms with Gasteiger partial charge in [0.2, 0.25) is 0 Å². The van der Waals surface area contributed by atoms with E-state index in [0.717, 1.165) is 44.9 Å². The third-order valence-corrected chi connectivity index (χ3v) is 8.61. The summed E-state index contributed by atoms with van der Waals surface area (Å²) in [6, 6.07) is 0. The minimum Gasteiger partial charge on any atom is -0.481 e. The molecule has 0 aromatic heterocycles. The molecule has 0 aromatic carbocycles. The Morgan fingerprint density at radius 1 is 1.00 bits per heavy atom. The molecule has 4 aliphatic carbocycles. The number of carbonyl (C=O) groups is 1. The van der Waals surface area contributed by atoms with Gasteiger partial charge in [0.15, 0.2) is 0 Å². The Kier molecular flexibility index (Phi) is 3.26. The van der Waals surface area contributed by atoms with Gasteiger partial charge >= 0.3 is 5.97 Å². The zero-order chi connectivity index (χ0) is 16.6. The van der Waals surface area contributed by atoms with Crippen molar-refractivity contribution in [3.05, 3.63) is 0 Å². The first-order valence-corrected chi connectivity index (χ1v) is 9.34. The fourth-order valence-electron chi connectivity index (χ4n) is 7.61. The van der Waals surface area contributed by atoms with Crippen LogP contribution < -0.4 is 0 Å². The van der Waals surface area contributed by atoms with Crippen LogP contribution in [0.25, 0.3) is 0 Å². The highest BCUT2D eigenvalue weighted by atomic mass is 16.4. The van der Waals surface area contributed by atoms with Gasteiger partial charge in [-0.2, -0.15) is 0 Å². The van der Waals surface area contributed by atoms with Crippen LogP contribution in [0.1, 0.15) is 65.2 Å². The third-order valence-electron chi connectivity index (χ3n) is 8.61. The van der Waals surface area contributed by atoms with Gasteiger partial charge in [-0.25, -0.2) is 0 Å². The molecule has 0 amide bonds. The van der Waals surface area contributed by atoms with Gasteiger partial charge < -0.3 is 15.3 Å². The average molecular weight is 322 g/mol. The highest BCUT2D eigenvalue weighted by molar-refractivity contribution is 5.71. The summed E-state index contributed by atoms with van der Waals surface area (Å²) >= 11 is 0. The van der Waals surface area contributed by atoms with Crippen LogP contribution in [0.5, 0.6) is 0 Å². The van der Waals surface area contributed by atoms with Crippen LogP contribution in [-0.2, 0) is 4.79 Å². The van der Waals surface area contributed by atoms with Gasteiger partial charge in [0.25, 0.3) is 0 Å². The molecule has 4 saturated carbocycles. The molecule has 0 aliphatic heterocycles. The standard InChI is InChI=1S/C19H30O4/c1-17-7-6-15(20)18(2,23)13(17)5-8-19-9-11(3-4-14(17)19)12(10-19)16(21)22/h11-15,20,23H,3-10H2,1-2H3,(H,21,22)/t11-,12+,13+,14+,15-,17-,18+,19+/m1/s1. The molecule has 0 unspecified atom stereocenters. The van der Waals surface area contributed by atoms with Crippen molar-refractivity contribution in [1.82, 2.24) is 0 Å². The van der Waals surface area contributed by atoms with Gasteiger partial charge in [-0.3, -0.25) is 4.79 Å². The van der Waals surface area contributed by atoms with Crippen molar-refractivity contribution in [3.63, 3.8) is 0 Å². The first-order chi connectivity index (χ1) is 10.7. The topological polar surface area (TPSA) is 77.8 Å². The number of aliphatic hydroxyl groups excluding tert-OH is 1. The van der Waals surface area contributed by atoms with Crippen LogP contribution in [0.4, 0.5) is 0 Å². The van der Waals surface area contributed by atoms with Crippen LogP contribution in [0.3, 0.4) is 0 Å². The third kappa shape index (κ3) is 1.94. The second-order valence-corrected chi connectivity index (χ2v) is 9.48. The second kappa shape index (κ2) is 4.72. The molecule has 2 bridgehead atoms. The number of carboxylic acid groups (broad SMARTS) is 1. The molecule has 0 saturated heterocycles. The maximum absolute atomic E-state index is 11.7. The molecule has 0 radical (unpaired) electrons. The van der Waals surface area contributed by atoms with Crippen LogP contribution >= 0.6 is 0 Å². The lowest BCUT2D eigenvalue weighted by Gasteiger charge is -2.64. The van der Waals surface area contributed by atoms with E-state index in [1.807, 2.05) is 6.92 Å². The zero-order valence-electron chi connectivity index (χ0n) is 14.3. The fourth-order valence-corrected chi connectivity index (χ4v) is 7.61. The van der Waals surface area contributed by atoms with Crippen molar-refractivity contribution in [1.29, 1.82) is 0 Å². The Bertz CT molecular complexity index is 529.